The zero-order chi connectivity index (χ0) is 18.4. The molecule has 26 heavy (non-hydrogen) atoms. The van der Waals surface area contributed by atoms with Crippen LogP contribution in [0.4, 0.5) is 17.1 Å². The minimum absolute atomic E-state index is 0.161. The summed E-state index contributed by atoms with van der Waals surface area (Å²) in [6.45, 7) is 0. The van der Waals surface area contributed by atoms with Gasteiger partial charge >= 0.3 is 0 Å². The number of carbonyl (C=O) groups excluding carboxylic acids is 1. The van der Waals surface area contributed by atoms with Crippen molar-refractivity contribution in [3.8, 4) is 11.5 Å². The highest BCUT2D eigenvalue weighted by Gasteiger charge is 2.06. The third kappa shape index (κ3) is 4.33. The summed E-state index contributed by atoms with van der Waals surface area (Å²) >= 11 is 0. The highest BCUT2D eigenvalue weighted by atomic mass is 16.5. The highest BCUT2D eigenvalue weighted by molar-refractivity contribution is 6.04. The molecule has 0 atom stereocenters. The van der Waals surface area contributed by atoms with Crippen molar-refractivity contribution in [2.75, 3.05) is 24.9 Å². The summed E-state index contributed by atoms with van der Waals surface area (Å²) in [5.41, 5.74) is 3.15. The van der Waals surface area contributed by atoms with Crippen LogP contribution in [0.1, 0.15) is 10.4 Å². The van der Waals surface area contributed by atoms with E-state index < -0.39 is 0 Å². The first-order valence-corrected chi connectivity index (χ1v) is 8.14. The van der Waals surface area contributed by atoms with Crippen LogP contribution in [-0.2, 0) is 0 Å². The second kappa shape index (κ2) is 8.07. The first-order chi connectivity index (χ1) is 12.7. The zero-order valence-electron chi connectivity index (χ0n) is 14.7. The van der Waals surface area contributed by atoms with Crippen LogP contribution >= 0.6 is 0 Å². The Bertz CT molecular complexity index is 857. The SMILES string of the molecule is COc1ccc(NC(=O)c2ccc(Nc3ccc(OC)cc3)cc2)cc1. The maximum absolute atomic E-state index is 12.3. The third-order valence-corrected chi connectivity index (χ3v) is 3.87. The van der Waals surface area contributed by atoms with E-state index in [0.29, 0.717) is 5.56 Å². The lowest BCUT2D eigenvalue weighted by Gasteiger charge is -2.09. The molecule has 5 nitrogen and oxygen atoms in total. The first kappa shape index (κ1) is 17.4. The Morgan fingerprint density at radius 2 is 1.08 bits per heavy atom. The van der Waals surface area contributed by atoms with Crippen molar-refractivity contribution in [1.82, 2.24) is 0 Å². The number of benzene rings is 3. The summed E-state index contributed by atoms with van der Waals surface area (Å²) in [7, 11) is 3.24. The minimum atomic E-state index is -0.161. The Kier molecular flexibility index (Phi) is 5.39. The van der Waals surface area contributed by atoms with Gasteiger partial charge in [-0.15, -0.1) is 0 Å². The van der Waals surface area contributed by atoms with E-state index in [9.17, 15) is 4.79 Å². The summed E-state index contributed by atoms with van der Waals surface area (Å²) in [6, 6.07) is 22.2. The minimum Gasteiger partial charge on any atom is -0.497 e. The largest absolute Gasteiger partial charge is 0.497 e. The molecule has 0 aromatic heterocycles. The molecule has 0 bridgehead atoms. The van der Waals surface area contributed by atoms with Crippen LogP contribution in [-0.4, -0.2) is 20.1 Å². The van der Waals surface area contributed by atoms with E-state index in [-0.39, 0.29) is 5.91 Å². The van der Waals surface area contributed by atoms with E-state index in [1.807, 2.05) is 36.4 Å². The van der Waals surface area contributed by atoms with Gasteiger partial charge in [-0.3, -0.25) is 4.79 Å². The molecule has 132 valence electrons. The smallest absolute Gasteiger partial charge is 0.255 e. The van der Waals surface area contributed by atoms with Gasteiger partial charge in [-0.25, -0.2) is 0 Å². The topological polar surface area (TPSA) is 59.6 Å². The molecular weight excluding hydrogens is 328 g/mol. The Balaban J connectivity index is 1.63. The van der Waals surface area contributed by atoms with Crippen molar-refractivity contribution in [1.29, 1.82) is 0 Å². The van der Waals surface area contributed by atoms with Gasteiger partial charge in [0.2, 0.25) is 0 Å². The molecule has 0 saturated heterocycles. The van der Waals surface area contributed by atoms with Crippen LogP contribution < -0.4 is 20.1 Å². The van der Waals surface area contributed by atoms with Crippen LogP contribution in [0.15, 0.2) is 72.8 Å². The van der Waals surface area contributed by atoms with Gasteiger partial charge in [0.15, 0.2) is 0 Å². The first-order valence-electron chi connectivity index (χ1n) is 8.14. The van der Waals surface area contributed by atoms with Gasteiger partial charge in [0, 0.05) is 22.6 Å². The summed E-state index contributed by atoms with van der Waals surface area (Å²) in [5.74, 6) is 1.39. The van der Waals surface area contributed by atoms with Gasteiger partial charge in [0.25, 0.3) is 5.91 Å². The lowest BCUT2D eigenvalue weighted by atomic mass is 10.1. The molecule has 0 radical (unpaired) electrons. The summed E-state index contributed by atoms with van der Waals surface area (Å²) in [5, 5.41) is 6.15. The van der Waals surface area contributed by atoms with Crippen molar-refractivity contribution in [3.63, 3.8) is 0 Å². The summed E-state index contributed by atoms with van der Waals surface area (Å²) in [4.78, 5) is 12.3. The molecule has 3 rings (SSSR count). The molecule has 0 heterocycles. The average molecular weight is 348 g/mol. The van der Waals surface area contributed by atoms with Crippen LogP contribution in [0.5, 0.6) is 11.5 Å². The van der Waals surface area contributed by atoms with Crippen LogP contribution in [0, 0.1) is 0 Å². The molecular formula is C21H20N2O3. The number of hydrogen-bond acceptors (Lipinski definition) is 4. The van der Waals surface area contributed by atoms with E-state index in [2.05, 4.69) is 10.6 Å². The maximum Gasteiger partial charge on any atom is 0.255 e. The van der Waals surface area contributed by atoms with Gasteiger partial charge in [0.05, 0.1) is 14.2 Å². The number of amides is 1. The molecule has 0 fully saturated rings. The number of methoxy groups -OCH3 is 2. The molecule has 0 unspecified atom stereocenters. The Morgan fingerprint density at radius 1 is 0.654 bits per heavy atom. The predicted octanol–water partition coefficient (Wildman–Crippen LogP) is 4.70. The Labute approximate surface area is 152 Å². The van der Waals surface area contributed by atoms with Crippen LogP contribution in [0.3, 0.4) is 0 Å². The van der Waals surface area contributed by atoms with Crippen molar-refractivity contribution in [2.45, 2.75) is 0 Å². The van der Waals surface area contributed by atoms with Crippen molar-refractivity contribution < 1.29 is 14.3 Å². The van der Waals surface area contributed by atoms with Gasteiger partial charge in [-0.2, -0.15) is 0 Å². The second-order valence-electron chi connectivity index (χ2n) is 5.61. The predicted molar refractivity (Wildman–Crippen MR) is 104 cm³/mol. The number of hydrogen-bond donors (Lipinski definition) is 2. The molecule has 0 aliphatic carbocycles. The molecule has 0 spiro atoms. The van der Waals surface area contributed by atoms with E-state index in [4.69, 9.17) is 9.47 Å². The third-order valence-electron chi connectivity index (χ3n) is 3.87. The molecule has 5 heteroatoms. The fraction of sp³-hybridized carbons (Fsp3) is 0.0952. The molecule has 3 aromatic carbocycles. The van der Waals surface area contributed by atoms with E-state index in [0.717, 1.165) is 28.6 Å². The van der Waals surface area contributed by atoms with Gasteiger partial charge < -0.3 is 20.1 Å². The lowest BCUT2D eigenvalue weighted by molar-refractivity contribution is 0.102. The van der Waals surface area contributed by atoms with Crippen molar-refractivity contribution >= 4 is 23.0 Å². The fourth-order valence-corrected chi connectivity index (χ4v) is 2.42. The summed E-state index contributed by atoms with van der Waals surface area (Å²) < 4.78 is 10.3. The number of nitrogens with one attached hydrogen (secondary N) is 2. The van der Waals surface area contributed by atoms with Crippen LogP contribution in [0.2, 0.25) is 0 Å². The normalized spacial score (nSPS) is 10.1. The van der Waals surface area contributed by atoms with E-state index in [1.54, 1.807) is 50.6 Å². The van der Waals surface area contributed by atoms with Gasteiger partial charge in [0.1, 0.15) is 11.5 Å². The van der Waals surface area contributed by atoms with E-state index in [1.165, 1.54) is 0 Å². The van der Waals surface area contributed by atoms with Gasteiger partial charge in [-0.1, -0.05) is 0 Å². The number of carbonyl (C=O) groups is 1. The monoisotopic (exact) mass is 348 g/mol. The molecule has 1 amide bonds. The molecule has 0 saturated carbocycles. The highest BCUT2D eigenvalue weighted by Crippen LogP contribution is 2.21. The average Bonchev–Trinajstić information content (AvgIpc) is 2.69. The van der Waals surface area contributed by atoms with Crippen LogP contribution in [0.25, 0.3) is 0 Å². The van der Waals surface area contributed by atoms with Gasteiger partial charge in [-0.05, 0) is 72.8 Å². The summed E-state index contributed by atoms with van der Waals surface area (Å²) in [6.07, 6.45) is 0. The van der Waals surface area contributed by atoms with Crippen molar-refractivity contribution in [2.24, 2.45) is 0 Å². The van der Waals surface area contributed by atoms with E-state index >= 15 is 0 Å². The number of ether oxygens (including phenoxy) is 2. The fourth-order valence-electron chi connectivity index (χ4n) is 2.42. The quantitative estimate of drug-likeness (QED) is 0.678. The number of rotatable bonds is 6. The maximum atomic E-state index is 12.3. The Hall–Kier alpha value is -3.47. The molecule has 3 aromatic rings. The van der Waals surface area contributed by atoms with Crippen molar-refractivity contribution in [3.05, 3.63) is 78.4 Å². The standard InChI is InChI=1S/C21H20N2O3/c1-25-19-11-7-17(8-12-19)22-16-5-3-15(4-6-16)21(24)23-18-9-13-20(26-2)14-10-18/h3-14,22H,1-2H3,(H,23,24). The molecule has 2 N–H and O–H groups in total. The lowest BCUT2D eigenvalue weighted by Crippen LogP contribution is -2.11. The zero-order valence-corrected chi connectivity index (χ0v) is 14.7. The molecule has 0 aliphatic rings. The Morgan fingerprint density at radius 3 is 1.54 bits per heavy atom. The molecule has 0 aliphatic heterocycles. The second-order valence-corrected chi connectivity index (χ2v) is 5.61. The number of anilines is 3.